The molecule has 0 saturated carbocycles. The molecular formula is C11H19NO. The van der Waals surface area contributed by atoms with Gasteiger partial charge in [0.1, 0.15) is 5.78 Å². The summed E-state index contributed by atoms with van der Waals surface area (Å²) < 4.78 is 0. The molecule has 74 valence electrons. The van der Waals surface area contributed by atoms with E-state index >= 15 is 0 Å². The van der Waals surface area contributed by atoms with E-state index in [2.05, 4.69) is 5.92 Å². The van der Waals surface area contributed by atoms with Gasteiger partial charge in [0.15, 0.2) is 0 Å². The summed E-state index contributed by atoms with van der Waals surface area (Å²) in [7, 11) is 0. The van der Waals surface area contributed by atoms with Crippen molar-refractivity contribution < 1.29 is 4.79 Å². The van der Waals surface area contributed by atoms with E-state index in [1.54, 1.807) is 0 Å². The molecule has 13 heavy (non-hydrogen) atoms. The molecule has 0 heterocycles. The number of rotatable bonds is 6. The van der Waals surface area contributed by atoms with Crippen LogP contribution in [-0.4, -0.2) is 12.3 Å². The van der Waals surface area contributed by atoms with E-state index in [-0.39, 0.29) is 11.7 Å². The molecule has 2 heteroatoms. The SMILES string of the molecule is C#CCCCC(=O)C(CN)C(C)C. The van der Waals surface area contributed by atoms with Crippen LogP contribution in [0.25, 0.3) is 0 Å². The quantitative estimate of drug-likeness (QED) is 0.499. The fourth-order valence-corrected chi connectivity index (χ4v) is 1.33. The minimum Gasteiger partial charge on any atom is -0.330 e. The summed E-state index contributed by atoms with van der Waals surface area (Å²) in [6.45, 7) is 4.50. The molecule has 2 N–H and O–H groups in total. The maximum absolute atomic E-state index is 11.5. The van der Waals surface area contributed by atoms with Crippen LogP contribution >= 0.6 is 0 Å². The van der Waals surface area contributed by atoms with Crippen molar-refractivity contribution in [2.24, 2.45) is 17.6 Å². The van der Waals surface area contributed by atoms with E-state index in [0.29, 0.717) is 25.3 Å². The van der Waals surface area contributed by atoms with Crippen molar-refractivity contribution >= 4 is 5.78 Å². The summed E-state index contributed by atoms with van der Waals surface area (Å²) in [5.74, 6) is 3.13. The van der Waals surface area contributed by atoms with Crippen LogP contribution < -0.4 is 5.73 Å². The van der Waals surface area contributed by atoms with Crippen LogP contribution in [0.5, 0.6) is 0 Å². The first-order valence-electron chi connectivity index (χ1n) is 4.79. The molecule has 0 aromatic carbocycles. The third-order valence-electron chi connectivity index (χ3n) is 2.22. The van der Waals surface area contributed by atoms with Crippen molar-refractivity contribution in [3.8, 4) is 12.3 Å². The van der Waals surface area contributed by atoms with Gasteiger partial charge in [-0.1, -0.05) is 13.8 Å². The standard InChI is InChI=1S/C11H19NO/c1-4-5-6-7-11(13)10(8-12)9(2)3/h1,9-10H,5-8,12H2,2-3H3. The highest BCUT2D eigenvalue weighted by Gasteiger charge is 2.19. The van der Waals surface area contributed by atoms with Gasteiger partial charge in [-0.05, 0) is 12.3 Å². The lowest BCUT2D eigenvalue weighted by molar-refractivity contribution is -0.123. The minimum atomic E-state index is 0.0118. The summed E-state index contributed by atoms with van der Waals surface area (Å²) in [6.07, 6.45) is 7.14. The van der Waals surface area contributed by atoms with Gasteiger partial charge in [0, 0.05) is 25.3 Å². The summed E-state index contributed by atoms with van der Waals surface area (Å²) in [6, 6.07) is 0. The van der Waals surface area contributed by atoms with Gasteiger partial charge in [0.2, 0.25) is 0 Å². The fraction of sp³-hybridized carbons (Fsp3) is 0.727. The van der Waals surface area contributed by atoms with Gasteiger partial charge in [-0.3, -0.25) is 4.79 Å². The Morgan fingerprint density at radius 2 is 2.15 bits per heavy atom. The zero-order valence-electron chi connectivity index (χ0n) is 8.55. The van der Waals surface area contributed by atoms with Gasteiger partial charge < -0.3 is 5.73 Å². The predicted molar refractivity (Wildman–Crippen MR) is 55.1 cm³/mol. The summed E-state index contributed by atoms with van der Waals surface area (Å²) in [5.41, 5.74) is 5.52. The number of ketones is 1. The molecule has 0 aliphatic rings. The Kier molecular flexibility index (Phi) is 6.26. The van der Waals surface area contributed by atoms with Crippen molar-refractivity contribution in [2.75, 3.05) is 6.54 Å². The Labute approximate surface area is 80.9 Å². The fourth-order valence-electron chi connectivity index (χ4n) is 1.33. The predicted octanol–water partition coefficient (Wildman–Crippen LogP) is 1.59. The first-order valence-corrected chi connectivity index (χ1v) is 4.79. The second kappa shape index (κ2) is 6.68. The Balaban J connectivity index is 3.86. The molecule has 0 aliphatic heterocycles. The number of hydrogen-bond donors (Lipinski definition) is 1. The van der Waals surface area contributed by atoms with Crippen LogP contribution in [0.2, 0.25) is 0 Å². The molecule has 0 amide bonds. The Bertz CT molecular complexity index is 191. The molecule has 0 rings (SSSR count). The van der Waals surface area contributed by atoms with Crippen LogP contribution in [0.1, 0.15) is 33.1 Å². The number of carbonyl (C=O) groups excluding carboxylic acids is 1. The average Bonchev–Trinajstić information content (AvgIpc) is 2.05. The zero-order valence-corrected chi connectivity index (χ0v) is 8.55. The molecular weight excluding hydrogens is 162 g/mol. The Hall–Kier alpha value is -0.810. The number of nitrogens with two attached hydrogens (primary N) is 1. The lowest BCUT2D eigenvalue weighted by atomic mass is 9.89. The number of hydrogen-bond acceptors (Lipinski definition) is 2. The highest BCUT2D eigenvalue weighted by molar-refractivity contribution is 5.81. The van der Waals surface area contributed by atoms with Crippen LogP contribution in [0.3, 0.4) is 0 Å². The maximum Gasteiger partial charge on any atom is 0.137 e. The van der Waals surface area contributed by atoms with E-state index in [9.17, 15) is 4.79 Å². The van der Waals surface area contributed by atoms with Crippen molar-refractivity contribution in [1.82, 2.24) is 0 Å². The number of carbonyl (C=O) groups is 1. The molecule has 0 aliphatic carbocycles. The van der Waals surface area contributed by atoms with E-state index in [0.717, 1.165) is 6.42 Å². The largest absolute Gasteiger partial charge is 0.330 e. The normalized spacial score (nSPS) is 12.5. The highest BCUT2D eigenvalue weighted by Crippen LogP contribution is 2.13. The van der Waals surface area contributed by atoms with E-state index in [4.69, 9.17) is 12.2 Å². The third kappa shape index (κ3) is 4.69. The lowest BCUT2D eigenvalue weighted by Gasteiger charge is -2.16. The average molecular weight is 181 g/mol. The first-order chi connectivity index (χ1) is 6.13. The molecule has 0 bridgehead atoms. The highest BCUT2D eigenvalue weighted by atomic mass is 16.1. The van der Waals surface area contributed by atoms with Gasteiger partial charge in [-0.2, -0.15) is 0 Å². The van der Waals surface area contributed by atoms with Crippen LogP contribution in [0.15, 0.2) is 0 Å². The van der Waals surface area contributed by atoms with Gasteiger partial charge in [-0.15, -0.1) is 12.3 Å². The van der Waals surface area contributed by atoms with E-state index in [1.165, 1.54) is 0 Å². The van der Waals surface area contributed by atoms with Crippen LogP contribution in [-0.2, 0) is 4.79 Å². The van der Waals surface area contributed by atoms with Gasteiger partial charge in [-0.25, -0.2) is 0 Å². The van der Waals surface area contributed by atoms with Gasteiger partial charge in [0.25, 0.3) is 0 Å². The third-order valence-corrected chi connectivity index (χ3v) is 2.22. The summed E-state index contributed by atoms with van der Waals surface area (Å²) in [4.78, 5) is 11.5. The summed E-state index contributed by atoms with van der Waals surface area (Å²) >= 11 is 0. The van der Waals surface area contributed by atoms with Gasteiger partial charge >= 0.3 is 0 Å². The van der Waals surface area contributed by atoms with Crippen molar-refractivity contribution in [3.63, 3.8) is 0 Å². The second-order valence-electron chi connectivity index (χ2n) is 3.61. The second-order valence-corrected chi connectivity index (χ2v) is 3.61. The molecule has 0 aromatic heterocycles. The molecule has 2 nitrogen and oxygen atoms in total. The molecule has 0 radical (unpaired) electrons. The Morgan fingerprint density at radius 3 is 2.54 bits per heavy atom. The number of terminal acetylenes is 1. The van der Waals surface area contributed by atoms with E-state index < -0.39 is 0 Å². The molecule has 0 fully saturated rings. The van der Waals surface area contributed by atoms with Crippen LogP contribution in [0, 0.1) is 24.2 Å². The van der Waals surface area contributed by atoms with Crippen molar-refractivity contribution in [2.45, 2.75) is 33.1 Å². The topological polar surface area (TPSA) is 43.1 Å². The van der Waals surface area contributed by atoms with Crippen molar-refractivity contribution in [3.05, 3.63) is 0 Å². The lowest BCUT2D eigenvalue weighted by Crippen LogP contribution is -2.28. The number of Topliss-reactive ketones (excluding diaryl/α,β-unsaturated/α-hetero) is 1. The maximum atomic E-state index is 11.5. The van der Waals surface area contributed by atoms with Crippen LogP contribution in [0.4, 0.5) is 0 Å². The zero-order chi connectivity index (χ0) is 10.3. The number of unbranched alkanes of at least 4 members (excludes halogenated alkanes) is 1. The molecule has 0 saturated heterocycles. The molecule has 0 aromatic rings. The molecule has 1 unspecified atom stereocenters. The monoisotopic (exact) mass is 181 g/mol. The molecule has 1 atom stereocenters. The van der Waals surface area contributed by atoms with E-state index in [1.807, 2.05) is 13.8 Å². The Morgan fingerprint density at radius 1 is 1.54 bits per heavy atom. The van der Waals surface area contributed by atoms with Gasteiger partial charge in [0.05, 0.1) is 0 Å². The molecule has 0 spiro atoms. The minimum absolute atomic E-state index is 0.0118. The summed E-state index contributed by atoms with van der Waals surface area (Å²) in [5, 5.41) is 0. The smallest absolute Gasteiger partial charge is 0.137 e. The first kappa shape index (κ1) is 12.2. The van der Waals surface area contributed by atoms with Crippen molar-refractivity contribution in [1.29, 1.82) is 0 Å².